The average Bonchev–Trinajstić information content (AvgIpc) is 2.71. The molecule has 0 radical (unpaired) electrons. The third kappa shape index (κ3) is 8.55. The highest BCUT2D eigenvalue weighted by atomic mass is 32.3. The fourth-order valence-electron chi connectivity index (χ4n) is 4.68. The first-order chi connectivity index (χ1) is 14.1. The van der Waals surface area contributed by atoms with Gasteiger partial charge in [-0.15, -0.1) is 0 Å². The summed E-state index contributed by atoms with van der Waals surface area (Å²) in [5, 5.41) is 22.9. The molecule has 15 heteroatoms. The lowest BCUT2D eigenvalue weighted by molar-refractivity contribution is -0.153. The molecule has 5 atom stereocenters. The first-order valence-electron chi connectivity index (χ1n) is 9.82. The summed E-state index contributed by atoms with van der Waals surface area (Å²) in [4.78, 5) is 6.67. The molecule has 14 N–H and O–H groups in total. The monoisotopic (exact) mass is 530 g/mol. The van der Waals surface area contributed by atoms with Crippen molar-refractivity contribution in [2.45, 2.75) is 43.9 Å². The van der Waals surface area contributed by atoms with Crippen LogP contribution in [0.5, 0.6) is 5.75 Å². The van der Waals surface area contributed by atoms with Gasteiger partial charge in [0.05, 0.1) is 24.3 Å². The minimum absolute atomic E-state index is 0. The van der Waals surface area contributed by atoms with E-state index in [-0.39, 0.29) is 39.3 Å². The van der Waals surface area contributed by atoms with E-state index in [1.54, 1.807) is 13.3 Å². The van der Waals surface area contributed by atoms with E-state index in [1.165, 1.54) is 0 Å². The van der Waals surface area contributed by atoms with Crippen LogP contribution in [-0.2, 0) is 10.4 Å². The number of aliphatic hydroxyl groups excluding tert-OH is 1. The Hall–Kier alpha value is -2.02. The zero-order chi connectivity index (χ0) is 22.1. The Kier molecular flexibility index (Phi) is 15.6. The second-order valence-corrected chi connectivity index (χ2v) is 8.79. The molecule has 3 saturated heterocycles. The molecule has 0 saturated carbocycles. The lowest BCUT2D eigenvalue weighted by Crippen LogP contribution is -2.63. The second kappa shape index (κ2) is 14.5. The van der Waals surface area contributed by atoms with Crippen molar-refractivity contribution in [1.82, 2.24) is 9.88 Å². The SMILES string of the molecule is CC[C@@]1(O)CN2CC[C@H]1C[C@@H]2[C@@H](O)c1ccnc2ccc(OC)cc12.O.O.O.O.O.O=S(=O)(O)O. The summed E-state index contributed by atoms with van der Waals surface area (Å²) in [6.07, 6.45) is 3.78. The summed E-state index contributed by atoms with van der Waals surface area (Å²) in [6, 6.07) is 7.70. The predicted octanol–water partition coefficient (Wildman–Crippen LogP) is -2.26. The molecule has 1 aromatic heterocycles. The molecule has 2 aromatic rings. The molecule has 1 unspecified atom stereocenters. The largest absolute Gasteiger partial charge is 0.497 e. The Morgan fingerprint density at radius 2 is 1.77 bits per heavy atom. The van der Waals surface area contributed by atoms with E-state index >= 15 is 0 Å². The zero-order valence-corrected chi connectivity index (χ0v) is 20.3. The summed E-state index contributed by atoms with van der Waals surface area (Å²) in [6.45, 7) is 3.65. The van der Waals surface area contributed by atoms with Crippen molar-refractivity contribution < 1.29 is 59.9 Å². The van der Waals surface area contributed by atoms with Gasteiger partial charge in [-0.05, 0) is 61.6 Å². The maximum Gasteiger partial charge on any atom is 0.394 e. The van der Waals surface area contributed by atoms with Crippen LogP contribution in [0.25, 0.3) is 10.9 Å². The van der Waals surface area contributed by atoms with E-state index in [0.717, 1.165) is 48.0 Å². The number of methoxy groups -OCH3 is 1. The highest BCUT2D eigenvalue weighted by Crippen LogP contribution is 2.44. The number of rotatable bonds is 4. The van der Waals surface area contributed by atoms with Crippen molar-refractivity contribution in [3.8, 4) is 5.75 Å². The first-order valence-corrected chi connectivity index (χ1v) is 11.2. The van der Waals surface area contributed by atoms with Crippen LogP contribution in [0.4, 0.5) is 0 Å². The van der Waals surface area contributed by atoms with Crippen LogP contribution in [0.15, 0.2) is 30.5 Å². The van der Waals surface area contributed by atoms with Gasteiger partial charge in [-0.25, -0.2) is 0 Å². The van der Waals surface area contributed by atoms with Crippen molar-refractivity contribution in [3.63, 3.8) is 0 Å². The molecule has 0 spiro atoms. The van der Waals surface area contributed by atoms with Crippen LogP contribution in [0, 0.1) is 5.92 Å². The van der Waals surface area contributed by atoms with Gasteiger partial charge >= 0.3 is 10.4 Å². The van der Waals surface area contributed by atoms with Gasteiger partial charge in [-0.3, -0.25) is 19.0 Å². The number of fused-ring (bicyclic) bond motifs is 4. The summed E-state index contributed by atoms with van der Waals surface area (Å²) >= 11 is 0. The van der Waals surface area contributed by atoms with E-state index in [0.29, 0.717) is 6.54 Å². The van der Waals surface area contributed by atoms with E-state index < -0.39 is 22.1 Å². The Balaban J connectivity index is -0.000000939. The summed E-state index contributed by atoms with van der Waals surface area (Å²) in [5.41, 5.74) is 1.15. The third-order valence-electron chi connectivity index (χ3n) is 6.27. The van der Waals surface area contributed by atoms with Gasteiger partial charge in [0.15, 0.2) is 0 Å². The number of ether oxygens (including phenoxy) is 1. The molecule has 3 aliphatic rings. The second-order valence-electron chi connectivity index (χ2n) is 7.89. The Morgan fingerprint density at radius 3 is 2.26 bits per heavy atom. The van der Waals surface area contributed by atoms with Crippen LogP contribution in [0.3, 0.4) is 0 Å². The maximum atomic E-state index is 11.2. The molecule has 1 aromatic carbocycles. The Labute approximate surface area is 203 Å². The average molecular weight is 531 g/mol. The highest BCUT2D eigenvalue weighted by Gasteiger charge is 2.50. The van der Waals surface area contributed by atoms with Crippen LogP contribution in [0.1, 0.15) is 37.9 Å². The summed E-state index contributed by atoms with van der Waals surface area (Å²) < 4.78 is 36.9. The number of benzene rings is 1. The molecule has 4 heterocycles. The van der Waals surface area contributed by atoms with E-state index in [4.69, 9.17) is 22.3 Å². The van der Waals surface area contributed by atoms with Crippen molar-refractivity contribution in [3.05, 3.63) is 36.0 Å². The number of aromatic nitrogens is 1. The van der Waals surface area contributed by atoms with Crippen LogP contribution in [0.2, 0.25) is 0 Å². The quantitative estimate of drug-likeness (QED) is 0.309. The van der Waals surface area contributed by atoms with Crippen molar-refractivity contribution in [2.24, 2.45) is 5.92 Å². The normalized spacial score (nSPS) is 25.0. The molecule has 0 aliphatic carbocycles. The van der Waals surface area contributed by atoms with Crippen LogP contribution >= 0.6 is 0 Å². The fraction of sp³-hybridized carbons (Fsp3) is 0.550. The van der Waals surface area contributed by atoms with E-state index in [9.17, 15) is 10.2 Å². The van der Waals surface area contributed by atoms with Gasteiger partial charge in [0.1, 0.15) is 5.75 Å². The number of hydrogen-bond donors (Lipinski definition) is 4. The Morgan fingerprint density at radius 1 is 1.17 bits per heavy atom. The van der Waals surface area contributed by atoms with Crippen molar-refractivity contribution in [1.29, 1.82) is 0 Å². The number of pyridine rings is 1. The smallest absolute Gasteiger partial charge is 0.394 e. The molecule has 206 valence electrons. The van der Waals surface area contributed by atoms with E-state index in [1.807, 2.05) is 24.3 Å². The third-order valence-corrected chi connectivity index (χ3v) is 6.27. The van der Waals surface area contributed by atoms with Gasteiger partial charge in [-0.1, -0.05) is 6.92 Å². The number of hydrogen-bond acceptors (Lipinski definition) is 7. The maximum absolute atomic E-state index is 11.2. The molecule has 14 nitrogen and oxygen atoms in total. The molecular formula is C20H38N2O12S. The Bertz CT molecular complexity index is 1000. The summed E-state index contributed by atoms with van der Waals surface area (Å²) in [5.74, 6) is 1.03. The fourth-order valence-corrected chi connectivity index (χ4v) is 4.68. The van der Waals surface area contributed by atoms with Gasteiger partial charge in [0.25, 0.3) is 0 Å². The number of aliphatic hydroxyl groups is 2. The summed E-state index contributed by atoms with van der Waals surface area (Å²) in [7, 11) is -3.02. The standard InChI is InChI=1S/C20H26N2O3.H2O4S.5H2O/c1-3-20(24)12-22-9-7-13(20)10-18(22)19(23)15-6-8-21-17-5-4-14(25-2)11-16(15)17;1-5(2,3)4;;;;;/h4-6,8,11,13,18-19,23-24H,3,7,9-10,12H2,1-2H3;(H2,1,2,3,4);5*1H2/t13-,18+,19-,20+;;;;;;/m0....../s1. The van der Waals surface area contributed by atoms with Gasteiger partial charge in [0, 0.05) is 24.2 Å². The molecule has 0 amide bonds. The van der Waals surface area contributed by atoms with Gasteiger partial charge < -0.3 is 42.3 Å². The number of nitrogens with zero attached hydrogens (tertiary/aromatic N) is 2. The lowest BCUT2D eigenvalue weighted by Gasteiger charge is -2.55. The van der Waals surface area contributed by atoms with Crippen molar-refractivity contribution >= 4 is 21.3 Å². The molecule has 35 heavy (non-hydrogen) atoms. The lowest BCUT2D eigenvalue weighted by atomic mass is 9.69. The first kappa shape index (κ1) is 37.5. The molecule has 3 aliphatic heterocycles. The minimum Gasteiger partial charge on any atom is -0.497 e. The molecular weight excluding hydrogens is 492 g/mol. The van der Waals surface area contributed by atoms with Gasteiger partial charge in [0.2, 0.25) is 0 Å². The topological polar surface area (TPSA) is 298 Å². The van der Waals surface area contributed by atoms with Gasteiger partial charge in [-0.2, -0.15) is 8.42 Å². The highest BCUT2D eigenvalue weighted by molar-refractivity contribution is 7.79. The number of piperidine rings is 3. The molecule has 5 rings (SSSR count). The predicted molar refractivity (Wildman–Crippen MR) is 129 cm³/mol. The van der Waals surface area contributed by atoms with Crippen LogP contribution in [-0.4, -0.2) is 96.8 Å². The zero-order valence-electron chi connectivity index (χ0n) is 19.5. The van der Waals surface area contributed by atoms with Crippen molar-refractivity contribution in [2.75, 3.05) is 20.2 Å². The van der Waals surface area contributed by atoms with Crippen LogP contribution < -0.4 is 4.74 Å². The molecule has 3 fully saturated rings. The molecule has 2 bridgehead atoms. The minimum atomic E-state index is -4.67. The van der Waals surface area contributed by atoms with E-state index in [2.05, 4.69) is 16.8 Å².